The van der Waals surface area contributed by atoms with Gasteiger partial charge in [-0.3, -0.25) is 4.79 Å². The van der Waals surface area contributed by atoms with Gasteiger partial charge >= 0.3 is 0 Å². The Labute approximate surface area is 156 Å². The molecule has 2 aromatic carbocycles. The zero-order valence-electron chi connectivity index (χ0n) is 14.4. The number of carbonyl (C=O) groups is 1. The predicted octanol–water partition coefficient (Wildman–Crippen LogP) is 4.47. The van der Waals surface area contributed by atoms with Crippen LogP contribution in [0.4, 0.5) is 5.69 Å². The lowest BCUT2D eigenvalue weighted by Crippen LogP contribution is -2.24. The minimum absolute atomic E-state index is 0.0725. The molecule has 0 radical (unpaired) electrons. The van der Waals surface area contributed by atoms with Gasteiger partial charge in [0, 0.05) is 24.6 Å². The maximum atomic E-state index is 12.5. The van der Waals surface area contributed by atoms with Crippen LogP contribution in [0.2, 0.25) is 5.02 Å². The molecule has 26 heavy (non-hydrogen) atoms. The minimum Gasteiger partial charge on any atom is -0.334 e. The molecule has 0 N–H and O–H groups in total. The summed E-state index contributed by atoms with van der Waals surface area (Å²) in [4.78, 5) is 18.7. The minimum atomic E-state index is -0.0895. The van der Waals surface area contributed by atoms with Crippen molar-refractivity contribution >= 4 is 23.2 Å². The standard InChI is InChI=1S/C20H18ClN3O2/c1-2-13-7-9-15(10-8-13)24-12-14(11-18(24)25)19-22-20(26-23-19)16-5-3-4-6-17(16)21/h3-10,14H,2,11-12H2,1H3/t14-/m0/s1. The van der Waals surface area contributed by atoms with Crippen molar-refractivity contribution in [1.82, 2.24) is 10.1 Å². The van der Waals surface area contributed by atoms with E-state index in [2.05, 4.69) is 29.2 Å². The number of amides is 1. The van der Waals surface area contributed by atoms with Crippen LogP contribution in [0.5, 0.6) is 0 Å². The van der Waals surface area contributed by atoms with Crippen LogP contribution in [-0.4, -0.2) is 22.6 Å². The smallest absolute Gasteiger partial charge is 0.259 e. The molecule has 0 aliphatic carbocycles. The van der Waals surface area contributed by atoms with Crippen molar-refractivity contribution in [3.8, 4) is 11.5 Å². The summed E-state index contributed by atoms with van der Waals surface area (Å²) in [6, 6.07) is 15.4. The molecule has 132 valence electrons. The van der Waals surface area contributed by atoms with Crippen molar-refractivity contribution in [3.63, 3.8) is 0 Å². The molecule has 0 saturated carbocycles. The van der Waals surface area contributed by atoms with Crippen molar-refractivity contribution in [2.24, 2.45) is 0 Å². The Kier molecular flexibility index (Phi) is 4.47. The molecular formula is C20H18ClN3O2. The number of rotatable bonds is 4. The van der Waals surface area contributed by atoms with Gasteiger partial charge < -0.3 is 9.42 Å². The van der Waals surface area contributed by atoms with Gasteiger partial charge in [-0.2, -0.15) is 4.98 Å². The lowest BCUT2D eigenvalue weighted by Gasteiger charge is -2.16. The molecule has 1 amide bonds. The average Bonchev–Trinajstić information content (AvgIpc) is 3.29. The van der Waals surface area contributed by atoms with Gasteiger partial charge in [-0.15, -0.1) is 0 Å². The second-order valence-corrected chi connectivity index (χ2v) is 6.77. The number of hydrogen-bond donors (Lipinski definition) is 0. The summed E-state index contributed by atoms with van der Waals surface area (Å²) in [6.07, 6.45) is 1.35. The average molecular weight is 368 g/mol. The van der Waals surface area contributed by atoms with Crippen LogP contribution in [0.1, 0.15) is 30.7 Å². The highest BCUT2D eigenvalue weighted by Crippen LogP contribution is 2.33. The summed E-state index contributed by atoms with van der Waals surface area (Å²) in [5.41, 5.74) is 2.85. The highest BCUT2D eigenvalue weighted by Gasteiger charge is 2.34. The number of aromatic nitrogens is 2. The zero-order chi connectivity index (χ0) is 18.1. The molecule has 1 fully saturated rings. The molecule has 1 aliphatic heterocycles. The third kappa shape index (κ3) is 3.10. The van der Waals surface area contributed by atoms with Crippen LogP contribution < -0.4 is 4.90 Å². The van der Waals surface area contributed by atoms with E-state index in [1.165, 1.54) is 5.56 Å². The van der Waals surface area contributed by atoms with Crippen LogP contribution in [0.3, 0.4) is 0 Å². The molecule has 2 heterocycles. The van der Waals surface area contributed by atoms with E-state index in [1.54, 1.807) is 11.0 Å². The van der Waals surface area contributed by atoms with Gasteiger partial charge in [-0.25, -0.2) is 0 Å². The largest absolute Gasteiger partial charge is 0.334 e. The van der Waals surface area contributed by atoms with E-state index < -0.39 is 0 Å². The predicted molar refractivity (Wildman–Crippen MR) is 100 cm³/mol. The van der Waals surface area contributed by atoms with E-state index in [4.69, 9.17) is 16.1 Å². The Balaban J connectivity index is 1.55. The Hall–Kier alpha value is -2.66. The molecule has 1 aromatic heterocycles. The second-order valence-electron chi connectivity index (χ2n) is 6.36. The van der Waals surface area contributed by atoms with Gasteiger partial charge in [0.25, 0.3) is 5.89 Å². The van der Waals surface area contributed by atoms with Gasteiger partial charge in [0.2, 0.25) is 5.91 Å². The Morgan fingerprint density at radius 1 is 1.19 bits per heavy atom. The Morgan fingerprint density at radius 2 is 1.96 bits per heavy atom. The van der Waals surface area contributed by atoms with Crippen LogP contribution in [-0.2, 0) is 11.2 Å². The highest BCUT2D eigenvalue weighted by atomic mass is 35.5. The maximum Gasteiger partial charge on any atom is 0.259 e. The molecule has 6 heteroatoms. The lowest BCUT2D eigenvalue weighted by molar-refractivity contribution is -0.117. The van der Waals surface area contributed by atoms with Gasteiger partial charge in [0.05, 0.1) is 10.6 Å². The maximum absolute atomic E-state index is 12.5. The molecule has 1 atom stereocenters. The number of carbonyl (C=O) groups excluding carboxylic acids is 1. The quantitative estimate of drug-likeness (QED) is 0.682. The SMILES string of the molecule is CCc1ccc(N2C[C@@H](c3noc(-c4ccccc4Cl)n3)CC2=O)cc1. The van der Waals surface area contributed by atoms with E-state index in [-0.39, 0.29) is 11.8 Å². The Bertz CT molecular complexity index is 936. The third-order valence-corrected chi connectivity index (χ3v) is 5.02. The molecule has 1 saturated heterocycles. The topological polar surface area (TPSA) is 59.2 Å². The number of aryl methyl sites for hydroxylation is 1. The van der Waals surface area contributed by atoms with E-state index in [9.17, 15) is 4.79 Å². The molecule has 0 bridgehead atoms. The summed E-state index contributed by atoms with van der Waals surface area (Å²) < 4.78 is 5.38. The summed E-state index contributed by atoms with van der Waals surface area (Å²) in [6.45, 7) is 2.66. The van der Waals surface area contributed by atoms with Crippen LogP contribution in [0.15, 0.2) is 53.1 Å². The zero-order valence-corrected chi connectivity index (χ0v) is 15.1. The van der Waals surface area contributed by atoms with E-state index >= 15 is 0 Å². The fourth-order valence-corrected chi connectivity index (χ4v) is 3.40. The number of halogens is 1. The van der Waals surface area contributed by atoms with Crippen LogP contribution in [0.25, 0.3) is 11.5 Å². The number of nitrogens with zero attached hydrogens (tertiary/aromatic N) is 3. The molecular weight excluding hydrogens is 350 g/mol. The summed E-state index contributed by atoms with van der Waals surface area (Å²) in [5, 5.41) is 4.64. The molecule has 0 spiro atoms. The molecule has 4 rings (SSSR count). The van der Waals surface area contributed by atoms with Gasteiger partial charge in [-0.1, -0.05) is 47.9 Å². The fraction of sp³-hybridized carbons (Fsp3) is 0.250. The molecule has 0 unspecified atom stereocenters. The van der Waals surface area contributed by atoms with Crippen molar-refractivity contribution in [3.05, 3.63) is 64.9 Å². The lowest BCUT2D eigenvalue weighted by atomic mass is 10.1. The number of benzene rings is 2. The highest BCUT2D eigenvalue weighted by molar-refractivity contribution is 6.33. The molecule has 3 aromatic rings. The summed E-state index contributed by atoms with van der Waals surface area (Å²) >= 11 is 6.19. The van der Waals surface area contributed by atoms with E-state index in [1.807, 2.05) is 30.3 Å². The monoisotopic (exact) mass is 367 g/mol. The third-order valence-electron chi connectivity index (χ3n) is 4.69. The van der Waals surface area contributed by atoms with Crippen molar-refractivity contribution in [1.29, 1.82) is 0 Å². The molecule has 1 aliphatic rings. The number of anilines is 1. The van der Waals surface area contributed by atoms with Crippen LogP contribution >= 0.6 is 11.6 Å². The summed E-state index contributed by atoms with van der Waals surface area (Å²) in [7, 11) is 0. The first-order valence-corrected chi connectivity index (χ1v) is 9.01. The fourth-order valence-electron chi connectivity index (χ4n) is 3.19. The van der Waals surface area contributed by atoms with E-state index in [0.717, 1.165) is 12.1 Å². The van der Waals surface area contributed by atoms with E-state index in [0.29, 0.717) is 35.3 Å². The summed E-state index contributed by atoms with van der Waals surface area (Å²) in [5.74, 6) is 0.904. The van der Waals surface area contributed by atoms with Crippen molar-refractivity contribution < 1.29 is 9.32 Å². The van der Waals surface area contributed by atoms with Crippen LogP contribution in [0, 0.1) is 0 Å². The van der Waals surface area contributed by atoms with Crippen molar-refractivity contribution in [2.45, 2.75) is 25.7 Å². The first-order valence-electron chi connectivity index (χ1n) is 8.63. The van der Waals surface area contributed by atoms with Gasteiger partial charge in [0.15, 0.2) is 5.82 Å². The molecule has 5 nitrogen and oxygen atoms in total. The first kappa shape index (κ1) is 16.8. The van der Waals surface area contributed by atoms with Gasteiger partial charge in [0.1, 0.15) is 0 Å². The van der Waals surface area contributed by atoms with Crippen molar-refractivity contribution in [2.75, 3.05) is 11.4 Å². The van der Waals surface area contributed by atoms with Gasteiger partial charge in [-0.05, 0) is 36.2 Å². The second kappa shape index (κ2) is 6.92. The normalized spacial score (nSPS) is 17.1. The first-order chi connectivity index (χ1) is 12.7. The Morgan fingerprint density at radius 3 is 2.69 bits per heavy atom. The number of hydrogen-bond acceptors (Lipinski definition) is 4.